The number of anilines is 1. The van der Waals surface area contributed by atoms with Crippen LogP contribution >= 0.6 is 0 Å². The summed E-state index contributed by atoms with van der Waals surface area (Å²) in [5.41, 5.74) is 4.48. The number of halogens is 5. The number of nitrogens with zero attached hydrogens (tertiary/aromatic N) is 4. The van der Waals surface area contributed by atoms with Gasteiger partial charge in [0.2, 0.25) is 0 Å². The minimum Gasteiger partial charge on any atom is -0.383 e. The van der Waals surface area contributed by atoms with Crippen molar-refractivity contribution in [2.24, 2.45) is 0 Å². The van der Waals surface area contributed by atoms with Crippen LogP contribution in [0.2, 0.25) is 0 Å². The Bertz CT molecular complexity index is 1120. The molecule has 0 amide bonds. The van der Waals surface area contributed by atoms with Crippen LogP contribution in [0.1, 0.15) is 31.3 Å². The lowest BCUT2D eigenvalue weighted by Crippen LogP contribution is -2.21. The molecule has 0 radical (unpaired) electrons. The Labute approximate surface area is 172 Å². The van der Waals surface area contributed by atoms with Gasteiger partial charge in [-0.2, -0.15) is 8.78 Å². The van der Waals surface area contributed by atoms with Gasteiger partial charge in [0.15, 0.2) is 5.82 Å². The Morgan fingerprint density at radius 2 is 1.87 bits per heavy atom. The number of nitrogens with two attached hydrogens (primary N) is 1. The van der Waals surface area contributed by atoms with Gasteiger partial charge in [0, 0.05) is 12.7 Å². The molecule has 0 aliphatic carbocycles. The second kappa shape index (κ2) is 9.77. The standard InChI is InChI=1S/C19H18F5N5O2/c20-13-6-11-14(7-10(13)17-26-8-12(15(21)22)16(25)28-17)27-9-29(18(11)30)4-2-1-3-5-31-19(23)24/h6-9,15,19H,1-5H2,(H2,25,26,28). The van der Waals surface area contributed by atoms with Crippen LogP contribution in [-0.2, 0) is 11.3 Å². The molecule has 0 fully saturated rings. The first-order chi connectivity index (χ1) is 14.8. The third-order valence-corrected chi connectivity index (χ3v) is 4.52. The molecule has 7 nitrogen and oxygen atoms in total. The number of ether oxygens (including phenoxy) is 1. The zero-order chi connectivity index (χ0) is 22.5. The van der Waals surface area contributed by atoms with Crippen LogP contribution in [-0.4, -0.2) is 32.7 Å². The van der Waals surface area contributed by atoms with Gasteiger partial charge < -0.3 is 10.5 Å². The maximum atomic E-state index is 14.6. The molecule has 0 unspecified atom stereocenters. The molecule has 0 aliphatic rings. The maximum Gasteiger partial charge on any atom is 0.345 e. The fraction of sp³-hybridized carbons (Fsp3) is 0.368. The smallest absolute Gasteiger partial charge is 0.345 e. The van der Waals surface area contributed by atoms with Crippen molar-refractivity contribution in [1.82, 2.24) is 19.5 Å². The van der Waals surface area contributed by atoms with Gasteiger partial charge in [-0.15, -0.1) is 0 Å². The van der Waals surface area contributed by atoms with Crippen molar-refractivity contribution >= 4 is 16.7 Å². The first-order valence-electron chi connectivity index (χ1n) is 9.27. The molecule has 3 aromatic rings. The van der Waals surface area contributed by atoms with Gasteiger partial charge in [0.05, 0.1) is 35.0 Å². The Balaban J connectivity index is 1.80. The van der Waals surface area contributed by atoms with Crippen LogP contribution in [0.5, 0.6) is 0 Å². The van der Waals surface area contributed by atoms with Crippen molar-refractivity contribution in [3.63, 3.8) is 0 Å². The molecule has 12 heteroatoms. The molecular formula is C19H18F5N5O2. The van der Waals surface area contributed by atoms with Crippen LogP contribution in [0.15, 0.2) is 29.5 Å². The molecule has 31 heavy (non-hydrogen) atoms. The minimum absolute atomic E-state index is 0.0157. The highest BCUT2D eigenvalue weighted by molar-refractivity contribution is 5.82. The Kier molecular flexibility index (Phi) is 7.10. The fourth-order valence-corrected chi connectivity index (χ4v) is 2.95. The molecule has 1 aromatic carbocycles. The summed E-state index contributed by atoms with van der Waals surface area (Å²) in [7, 11) is 0. The second-order valence-corrected chi connectivity index (χ2v) is 6.62. The number of rotatable bonds is 9. The highest BCUT2D eigenvalue weighted by atomic mass is 19.3. The SMILES string of the molecule is Nc1nc(-c2cc3ncn(CCCCCOC(F)F)c(=O)c3cc2F)ncc1C(F)F. The lowest BCUT2D eigenvalue weighted by molar-refractivity contribution is -0.129. The van der Waals surface area contributed by atoms with E-state index in [4.69, 9.17) is 5.73 Å². The molecule has 0 saturated carbocycles. The maximum absolute atomic E-state index is 14.6. The van der Waals surface area contributed by atoms with Gasteiger partial charge in [0.25, 0.3) is 12.0 Å². The van der Waals surface area contributed by atoms with Crippen molar-refractivity contribution in [2.75, 3.05) is 12.3 Å². The number of hydrogen-bond donors (Lipinski definition) is 1. The third-order valence-electron chi connectivity index (χ3n) is 4.52. The molecule has 3 rings (SSSR count). The van der Waals surface area contributed by atoms with Gasteiger partial charge in [-0.3, -0.25) is 9.36 Å². The highest BCUT2D eigenvalue weighted by Crippen LogP contribution is 2.27. The average molecular weight is 443 g/mol. The number of aromatic nitrogens is 4. The van der Waals surface area contributed by atoms with Gasteiger partial charge >= 0.3 is 6.61 Å². The average Bonchev–Trinajstić information content (AvgIpc) is 2.71. The fourth-order valence-electron chi connectivity index (χ4n) is 2.95. The summed E-state index contributed by atoms with van der Waals surface area (Å²) in [6, 6.07) is 2.22. The highest BCUT2D eigenvalue weighted by Gasteiger charge is 2.18. The minimum atomic E-state index is -2.87. The van der Waals surface area contributed by atoms with E-state index < -0.39 is 35.8 Å². The number of hydrogen-bond acceptors (Lipinski definition) is 6. The van der Waals surface area contributed by atoms with E-state index in [9.17, 15) is 26.7 Å². The van der Waals surface area contributed by atoms with Crippen molar-refractivity contribution < 1.29 is 26.7 Å². The van der Waals surface area contributed by atoms with E-state index in [2.05, 4.69) is 19.7 Å². The van der Waals surface area contributed by atoms with E-state index in [1.807, 2.05) is 0 Å². The number of aryl methyl sites for hydroxylation is 1. The molecule has 0 spiro atoms. The summed E-state index contributed by atoms with van der Waals surface area (Å²) in [6.07, 6.45) is 0.723. The van der Waals surface area contributed by atoms with E-state index in [0.29, 0.717) is 19.3 Å². The largest absolute Gasteiger partial charge is 0.383 e. The zero-order valence-electron chi connectivity index (χ0n) is 16.1. The Morgan fingerprint density at radius 1 is 1.10 bits per heavy atom. The summed E-state index contributed by atoms with van der Waals surface area (Å²) < 4.78 is 69.5. The van der Waals surface area contributed by atoms with E-state index in [-0.39, 0.29) is 35.4 Å². The van der Waals surface area contributed by atoms with Crippen LogP contribution in [0.25, 0.3) is 22.3 Å². The third kappa shape index (κ3) is 5.32. The lowest BCUT2D eigenvalue weighted by atomic mass is 10.1. The molecular weight excluding hydrogens is 425 g/mol. The quantitative estimate of drug-likeness (QED) is 0.398. The summed E-state index contributed by atoms with van der Waals surface area (Å²) in [4.78, 5) is 24.2. The number of alkyl halides is 4. The number of nitrogen functional groups attached to an aromatic ring is 1. The molecule has 0 bridgehead atoms. The topological polar surface area (TPSA) is 95.9 Å². The first-order valence-corrected chi connectivity index (χ1v) is 9.27. The number of fused-ring (bicyclic) bond motifs is 1. The molecule has 0 saturated heterocycles. The van der Waals surface area contributed by atoms with E-state index >= 15 is 0 Å². The van der Waals surface area contributed by atoms with Gasteiger partial charge in [-0.25, -0.2) is 28.1 Å². The normalized spacial score (nSPS) is 11.7. The zero-order valence-corrected chi connectivity index (χ0v) is 16.1. The number of unbranched alkanes of at least 4 members (excludes halogenated alkanes) is 2. The monoisotopic (exact) mass is 443 g/mol. The summed E-state index contributed by atoms with van der Waals surface area (Å²) in [5, 5.41) is 0.0157. The van der Waals surface area contributed by atoms with E-state index in [1.165, 1.54) is 17.0 Å². The van der Waals surface area contributed by atoms with Crippen LogP contribution in [0.3, 0.4) is 0 Å². The summed E-state index contributed by atoms with van der Waals surface area (Å²) in [5.74, 6) is -1.52. The van der Waals surface area contributed by atoms with Crippen molar-refractivity contribution in [3.05, 3.63) is 46.4 Å². The molecule has 0 aliphatic heterocycles. The van der Waals surface area contributed by atoms with E-state index in [0.717, 1.165) is 12.3 Å². The van der Waals surface area contributed by atoms with Crippen LogP contribution < -0.4 is 11.3 Å². The first kappa shape index (κ1) is 22.5. The second-order valence-electron chi connectivity index (χ2n) is 6.62. The molecule has 166 valence electrons. The predicted molar refractivity (Wildman–Crippen MR) is 102 cm³/mol. The predicted octanol–water partition coefficient (Wildman–Crippen LogP) is 3.92. The van der Waals surface area contributed by atoms with Gasteiger partial charge in [-0.1, -0.05) is 0 Å². The molecule has 2 heterocycles. The molecule has 2 N–H and O–H groups in total. The van der Waals surface area contributed by atoms with Crippen LogP contribution in [0, 0.1) is 5.82 Å². The van der Waals surface area contributed by atoms with Crippen molar-refractivity contribution in [3.8, 4) is 11.4 Å². The van der Waals surface area contributed by atoms with Crippen LogP contribution in [0.4, 0.5) is 27.8 Å². The lowest BCUT2D eigenvalue weighted by Gasteiger charge is -2.09. The molecule has 2 aromatic heterocycles. The number of benzene rings is 1. The van der Waals surface area contributed by atoms with Crippen molar-refractivity contribution in [1.29, 1.82) is 0 Å². The Hall–Kier alpha value is -3.15. The van der Waals surface area contributed by atoms with Gasteiger partial charge in [0.1, 0.15) is 11.6 Å². The molecule has 0 atom stereocenters. The Morgan fingerprint density at radius 3 is 2.55 bits per heavy atom. The van der Waals surface area contributed by atoms with Crippen molar-refractivity contribution in [2.45, 2.75) is 38.8 Å². The van der Waals surface area contributed by atoms with E-state index in [1.54, 1.807) is 0 Å². The summed E-state index contributed by atoms with van der Waals surface area (Å²) >= 11 is 0. The van der Waals surface area contributed by atoms with Gasteiger partial charge in [-0.05, 0) is 31.4 Å². The summed E-state index contributed by atoms with van der Waals surface area (Å²) in [6.45, 7) is -2.62.